The summed E-state index contributed by atoms with van der Waals surface area (Å²) in [6, 6.07) is 0. The molecule has 2 saturated heterocycles. The van der Waals surface area contributed by atoms with Gasteiger partial charge in [0, 0.05) is 25.6 Å². The zero-order valence-electron chi connectivity index (χ0n) is 9.83. The lowest BCUT2D eigenvalue weighted by atomic mass is 9.92. The minimum atomic E-state index is 0.498. The first kappa shape index (κ1) is 11.0. The minimum absolute atomic E-state index is 0.498. The van der Waals surface area contributed by atoms with Crippen molar-refractivity contribution in [3.8, 4) is 11.8 Å². The maximum absolute atomic E-state index is 5.51. The van der Waals surface area contributed by atoms with Crippen LogP contribution in [0.25, 0.3) is 0 Å². The molecule has 0 aromatic carbocycles. The van der Waals surface area contributed by atoms with Crippen molar-refractivity contribution in [2.45, 2.75) is 20.3 Å². The summed E-state index contributed by atoms with van der Waals surface area (Å²) in [5, 5.41) is 0. The first-order chi connectivity index (χ1) is 7.25. The van der Waals surface area contributed by atoms with Crippen LogP contribution in [0.15, 0.2) is 0 Å². The lowest BCUT2D eigenvalue weighted by Crippen LogP contribution is -2.25. The highest BCUT2D eigenvalue weighted by atomic mass is 16.5. The molecular weight excluding hydrogens is 186 g/mol. The normalized spacial score (nSPS) is 31.1. The topological polar surface area (TPSA) is 12.5 Å². The summed E-state index contributed by atoms with van der Waals surface area (Å²) in [5.74, 6) is 8.65. The fourth-order valence-corrected chi connectivity index (χ4v) is 2.51. The number of ether oxygens (including phenoxy) is 1. The van der Waals surface area contributed by atoms with Crippen LogP contribution < -0.4 is 0 Å². The average molecular weight is 207 g/mol. The van der Waals surface area contributed by atoms with Gasteiger partial charge in [-0.25, -0.2) is 0 Å². The van der Waals surface area contributed by atoms with Crippen LogP contribution in [0, 0.1) is 29.6 Å². The molecule has 0 aliphatic carbocycles. The molecule has 0 radical (unpaired) electrons. The second-order valence-electron chi connectivity index (χ2n) is 5.05. The van der Waals surface area contributed by atoms with Gasteiger partial charge in [-0.2, -0.15) is 0 Å². The second-order valence-corrected chi connectivity index (χ2v) is 5.05. The Hall–Kier alpha value is -0.520. The van der Waals surface area contributed by atoms with Crippen molar-refractivity contribution in [1.82, 2.24) is 4.90 Å². The van der Waals surface area contributed by atoms with Gasteiger partial charge in [0.15, 0.2) is 0 Å². The monoisotopic (exact) mass is 207 g/mol. The van der Waals surface area contributed by atoms with Gasteiger partial charge in [0.25, 0.3) is 0 Å². The van der Waals surface area contributed by atoms with Crippen molar-refractivity contribution < 1.29 is 4.74 Å². The maximum Gasteiger partial charge on any atom is 0.0601 e. The fourth-order valence-electron chi connectivity index (χ4n) is 2.51. The number of hydrogen-bond acceptors (Lipinski definition) is 2. The van der Waals surface area contributed by atoms with Gasteiger partial charge in [0.1, 0.15) is 0 Å². The van der Waals surface area contributed by atoms with Crippen LogP contribution in [0.2, 0.25) is 0 Å². The summed E-state index contributed by atoms with van der Waals surface area (Å²) >= 11 is 0. The molecule has 0 spiro atoms. The van der Waals surface area contributed by atoms with Crippen molar-refractivity contribution >= 4 is 0 Å². The lowest BCUT2D eigenvalue weighted by molar-refractivity contribution is 0.0370. The van der Waals surface area contributed by atoms with Crippen molar-refractivity contribution in [3.05, 3.63) is 0 Å². The fraction of sp³-hybridized carbons (Fsp3) is 0.846. The van der Waals surface area contributed by atoms with Crippen LogP contribution in [-0.2, 0) is 4.74 Å². The molecule has 2 rings (SSSR count). The molecule has 2 atom stereocenters. The highest BCUT2D eigenvalue weighted by molar-refractivity contribution is 5.04. The number of rotatable bonds is 1. The first-order valence-electron chi connectivity index (χ1n) is 6.04. The van der Waals surface area contributed by atoms with E-state index in [0.29, 0.717) is 5.92 Å². The first-order valence-corrected chi connectivity index (χ1v) is 6.04. The Labute approximate surface area is 93.0 Å². The molecule has 2 aliphatic heterocycles. The lowest BCUT2D eigenvalue weighted by Gasteiger charge is -2.23. The molecule has 15 heavy (non-hydrogen) atoms. The third-order valence-electron chi connectivity index (χ3n) is 3.31. The van der Waals surface area contributed by atoms with Crippen molar-refractivity contribution in [2.75, 3.05) is 32.8 Å². The molecule has 2 aliphatic rings. The predicted octanol–water partition coefficient (Wildman–Crippen LogP) is 1.61. The van der Waals surface area contributed by atoms with E-state index in [1.807, 2.05) is 0 Å². The summed E-state index contributed by atoms with van der Waals surface area (Å²) in [6.45, 7) is 9.60. The summed E-state index contributed by atoms with van der Waals surface area (Å²) < 4.78 is 5.51. The number of hydrogen-bond donors (Lipinski definition) is 0. The molecule has 0 aromatic rings. The summed E-state index contributed by atoms with van der Waals surface area (Å²) in [5.41, 5.74) is 0. The Morgan fingerprint density at radius 2 is 2.13 bits per heavy atom. The largest absolute Gasteiger partial charge is 0.381 e. The van der Waals surface area contributed by atoms with E-state index >= 15 is 0 Å². The highest BCUT2D eigenvalue weighted by Gasteiger charge is 2.34. The smallest absolute Gasteiger partial charge is 0.0601 e. The Kier molecular flexibility index (Phi) is 3.66. The molecule has 2 heteroatoms. The Bertz CT molecular complexity index is 249. The third-order valence-corrected chi connectivity index (χ3v) is 3.31. The number of fused-ring (bicyclic) bond motifs is 1. The van der Waals surface area contributed by atoms with Gasteiger partial charge in [0.2, 0.25) is 0 Å². The van der Waals surface area contributed by atoms with Crippen molar-refractivity contribution in [2.24, 2.45) is 17.8 Å². The number of likely N-dealkylation sites (tertiary alicyclic amines) is 1. The molecule has 2 heterocycles. The van der Waals surface area contributed by atoms with Gasteiger partial charge < -0.3 is 4.74 Å². The van der Waals surface area contributed by atoms with Gasteiger partial charge in [-0.05, 0) is 18.3 Å². The van der Waals surface area contributed by atoms with Gasteiger partial charge in [-0.3, -0.25) is 4.90 Å². The Morgan fingerprint density at radius 1 is 1.33 bits per heavy atom. The van der Waals surface area contributed by atoms with Crippen LogP contribution in [0.1, 0.15) is 20.3 Å². The minimum Gasteiger partial charge on any atom is -0.381 e. The SMILES string of the molecule is CC(C)C#CCN1CC2CCOCC2C1. The predicted molar refractivity (Wildman–Crippen MR) is 61.5 cm³/mol. The van der Waals surface area contributed by atoms with E-state index in [9.17, 15) is 0 Å². The maximum atomic E-state index is 5.51. The molecule has 0 aromatic heterocycles. The standard InChI is InChI=1S/C13H21NO/c1-11(2)4-3-6-14-8-12-5-7-15-10-13(12)9-14/h11-13H,5-10H2,1-2H3. The molecule has 2 nitrogen and oxygen atoms in total. The summed E-state index contributed by atoms with van der Waals surface area (Å²) in [7, 11) is 0. The van der Waals surface area contributed by atoms with Gasteiger partial charge in [0.05, 0.1) is 13.2 Å². The van der Waals surface area contributed by atoms with Gasteiger partial charge in [-0.15, -0.1) is 0 Å². The van der Waals surface area contributed by atoms with E-state index in [1.54, 1.807) is 0 Å². The molecule has 2 fully saturated rings. The molecule has 84 valence electrons. The Morgan fingerprint density at radius 3 is 2.87 bits per heavy atom. The molecule has 2 unspecified atom stereocenters. The zero-order valence-corrected chi connectivity index (χ0v) is 9.83. The van der Waals surface area contributed by atoms with E-state index in [2.05, 4.69) is 30.6 Å². The zero-order chi connectivity index (χ0) is 10.7. The summed E-state index contributed by atoms with van der Waals surface area (Å²) in [4.78, 5) is 2.49. The van der Waals surface area contributed by atoms with Crippen molar-refractivity contribution in [1.29, 1.82) is 0 Å². The van der Waals surface area contributed by atoms with Gasteiger partial charge >= 0.3 is 0 Å². The van der Waals surface area contributed by atoms with E-state index < -0.39 is 0 Å². The Balaban J connectivity index is 1.80. The number of nitrogens with zero attached hydrogens (tertiary/aromatic N) is 1. The average Bonchev–Trinajstić information content (AvgIpc) is 2.59. The quantitative estimate of drug-likeness (QED) is 0.606. The molecule has 0 amide bonds. The molecule has 0 saturated carbocycles. The van der Waals surface area contributed by atoms with E-state index in [4.69, 9.17) is 4.74 Å². The molecule has 0 bridgehead atoms. The van der Waals surface area contributed by atoms with Crippen LogP contribution >= 0.6 is 0 Å². The molecular formula is C13H21NO. The second kappa shape index (κ2) is 5.01. The summed E-state index contributed by atoms with van der Waals surface area (Å²) in [6.07, 6.45) is 1.25. The van der Waals surface area contributed by atoms with Crippen LogP contribution in [-0.4, -0.2) is 37.7 Å². The third kappa shape index (κ3) is 2.96. The van der Waals surface area contributed by atoms with E-state index in [0.717, 1.165) is 31.6 Å². The van der Waals surface area contributed by atoms with Crippen LogP contribution in [0.5, 0.6) is 0 Å². The highest BCUT2D eigenvalue weighted by Crippen LogP contribution is 2.29. The van der Waals surface area contributed by atoms with E-state index in [-0.39, 0.29) is 0 Å². The molecule has 0 N–H and O–H groups in total. The van der Waals surface area contributed by atoms with Crippen LogP contribution in [0.4, 0.5) is 0 Å². The van der Waals surface area contributed by atoms with Gasteiger partial charge in [-0.1, -0.05) is 25.7 Å². The van der Waals surface area contributed by atoms with E-state index in [1.165, 1.54) is 19.5 Å². The van der Waals surface area contributed by atoms with Crippen molar-refractivity contribution in [3.63, 3.8) is 0 Å². The van der Waals surface area contributed by atoms with Crippen LogP contribution in [0.3, 0.4) is 0 Å².